The van der Waals surface area contributed by atoms with Crippen LogP contribution in [0.25, 0.3) is 0 Å². The number of likely N-dealkylation sites (tertiary alicyclic amines) is 1. The Balaban J connectivity index is 1.76. The summed E-state index contributed by atoms with van der Waals surface area (Å²) in [5, 5.41) is 23.0. The summed E-state index contributed by atoms with van der Waals surface area (Å²) in [6.07, 6.45) is 2.05. The molecular weight excluding hydrogens is 378 g/mol. The Bertz CT molecular complexity index is 832. The lowest BCUT2D eigenvalue weighted by Crippen LogP contribution is -2.61. The maximum atomic E-state index is 11.2. The lowest BCUT2D eigenvalue weighted by Gasteiger charge is -2.44. The summed E-state index contributed by atoms with van der Waals surface area (Å²) in [4.78, 5) is 12.4. The first-order valence-corrected chi connectivity index (χ1v) is 10.7. The molecule has 0 bridgehead atoms. The third kappa shape index (κ3) is 3.01. The van der Waals surface area contributed by atoms with Crippen molar-refractivity contribution in [3.63, 3.8) is 0 Å². The molecule has 0 radical (unpaired) electrons. The van der Waals surface area contributed by atoms with E-state index in [1.807, 2.05) is 0 Å². The first kappa shape index (κ1) is 19.6. The van der Waals surface area contributed by atoms with Gasteiger partial charge in [-0.3, -0.25) is 4.48 Å². The summed E-state index contributed by atoms with van der Waals surface area (Å²) in [6, 6.07) is 2.39. The smallest absolute Gasteiger partial charge is 0.405 e. The number of carbonyl (C=O) groups is 1. The molecule has 2 fully saturated rings. The fourth-order valence-corrected chi connectivity index (χ4v) is 6.78. The van der Waals surface area contributed by atoms with Crippen LogP contribution in [0.3, 0.4) is 0 Å². The summed E-state index contributed by atoms with van der Waals surface area (Å²) < 4.78 is 12.5. The summed E-state index contributed by atoms with van der Waals surface area (Å²) in [5.74, 6) is -0.521. The van der Waals surface area contributed by atoms with Crippen LogP contribution in [0, 0.1) is 11.3 Å². The Hall–Kier alpha value is -1.66. The molecule has 4 rings (SSSR count). The lowest BCUT2D eigenvalue weighted by atomic mass is 9.90. The molecule has 3 aliphatic rings. The Labute approximate surface area is 169 Å². The average Bonchev–Trinajstić information content (AvgIpc) is 3.31. The van der Waals surface area contributed by atoms with Crippen LogP contribution in [0.5, 0.6) is 0 Å². The highest BCUT2D eigenvalue weighted by Crippen LogP contribution is 2.50. The topological polar surface area (TPSA) is 91.6 Å². The van der Waals surface area contributed by atoms with Crippen molar-refractivity contribution in [2.45, 2.75) is 63.8 Å². The standard InChI is InChI=1S/C20H27N3O4S/c1-19(2,3)23(7-5-13(12-23)22-18(24)25)17-15(11-21)14-4-6-20(10-16(14)28-17)26-8-9-27-20/h13,22H,4-10,12H2,1-3H3/p+1/t13-,23?/m0/s1. The van der Waals surface area contributed by atoms with E-state index in [0.29, 0.717) is 30.7 Å². The van der Waals surface area contributed by atoms with Gasteiger partial charge in [0, 0.05) is 24.1 Å². The van der Waals surface area contributed by atoms with Gasteiger partial charge in [0.2, 0.25) is 5.00 Å². The molecule has 3 heterocycles. The molecular formula is C20H28N3O4S+. The number of thiophene rings is 1. The molecule has 28 heavy (non-hydrogen) atoms. The average molecular weight is 407 g/mol. The first-order chi connectivity index (χ1) is 13.2. The van der Waals surface area contributed by atoms with Gasteiger partial charge in [-0.1, -0.05) is 11.3 Å². The highest BCUT2D eigenvalue weighted by atomic mass is 32.1. The van der Waals surface area contributed by atoms with Crippen LogP contribution in [0.1, 0.15) is 49.6 Å². The minimum atomic E-state index is -0.984. The van der Waals surface area contributed by atoms with E-state index in [1.54, 1.807) is 11.3 Å². The van der Waals surface area contributed by atoms with Crippen molar-refractivity contribution < 1.29 is 19.4 Å². The van der Waals surface area contributed by atoms with Crippen LogP contribution in [0.4, 0.5) is 9.80 Å². The summed E-state index contributed by atoms with van der Waals surface area (Å²) >= 11 is 1.71. The largest absolute Gasteiger partial charge is 0.465 e. The van der Waals surface area contributed by atoms with E-state index in [-0.39, 0.29) is 11.6 Å². The second kappa shape index (κ2) is 6.70. The molecule has 1 aliphatic carbocycles. The van der Waals surface area contributed by atoms with Crippen molar-refractivity contribution in [2.75, 3.05) is 26.3 Å². The van der Waals surface area contributed by atoms with Gasteiger partial charge < -0.3 is 19.9 Å². The molecule has 2 saturated heterocycles. The van der Waals surface area contributed by atoms with E-state index in [0.717, 1.165) is 41.9 Å². The van der Waals surface area contributed by atoms with Crippen molar-refractivity contribution in [3.8, 4) is 6.07 Å². The molecule has 7 nitrogen and oxygen atoms in total. The molecule has 0 saturated carbocycles. The van der Waals surface area contributed by atoms with E-state index in [1.165, 1.54) is 4.88 Å². The Morgan fingerprint density at radius 2 is 2.11 bits per heavy atom. The van der Waals surface area contributed by atoms with Gasteiger partial charge in [0.05, 0.1) is 31.3 Å². The number of quaternary nitrogens is 1. The van der Waals surface area contributed by atoms with Gasteiger partial charge in [-0.25, -0.2) is 4.79 Å². The normalized spacial score (nSPS) is 28.9. The Kier molecular flexibility index (Phi) is 4.70. The summed E-state index contributed by atoms with van der Waals surface area (Å²) in [7, 11) is 0. The number of hydrogen-bond donors (Lipinski definition) is 2. The zero-order valence-electron chi connectivity index (χ0n) is 16.7. The second-order valence-corrected chi connectivity index (χ2v) is 10.1. The lowest BCUT2D eigenvalue weighted by molar-refractivity contribution is -0.163. The third-order valence-electron chi connectivity index (χ3n) is 6.58. The van der Waals surface area contributed by atoms with Gasteiger partial charge in [0.15, 0.2) is 5.79 Å². The van der Waals surface area contributed by atoms with E-state index in [4.69, 9.17) is 9.47 Å². The van der Waals surface area contributed by atoms with Gasteiger partial charge >= 0.3 is 6.09 Å². The first-order valence-electron chi connectivity index (χ1n) is 9.89. The van der Waals surface area contributed by atoms with E-state index < -0.39 is 11.9 Å². The molecule has 1 aromatic rings. The zero-order valence-corrected chi connectivity index (χ0v) is 17.5. The maximum absolute atomic E-state index is 11.2. The number of nitriles is 1. The number of fused-ring (bicyclic) bond motifs is 1. The van der Waals surface area contributed by atoms with E-state index in [9.17, 15) is 15.2 Å². The molecule has 2 aliphatic heterocycles. The van der Waals surface area contributed by atoms with Crippen LogP contribution in [-0.2, 0) is 22.3 Å². The molecule has 1 aromatic heterocycles. The molecule has 1 spiro atoms. The van der Waals surface area contributed by atoms with E-state index in [2.05, 4.69) is 32.2 Å². The van der Waals surface area contributed by atoms with Crippen molar-refractivity contribution in [1.29, 1.82) is 5.26 Å². The quantitative estimate of drug-likeness (QED) is 0.737. The molecule has 8 heteroatoms. The van der Waals surface area contributed by atoms with Crippen molar-refractivity contribution in [1.82, 2.24) is 9.80 Å². The fraction of sp³-hybridized carbons (Fsp3) is 0.700. The number of carboxylic acid groups (broad SMARTS) is 1. The highest BCUT2D eigenvalue weighted by Gasteiger charge is 2.53. The van der Waals surface area contributed by atoms with E-state index >= 15 is 0 Å². The second-order valence-electron chi connectivity index (χ2n) is 9.06. The predicted octanol–water partition coefficient (Wildman–Crippen LogP) is 3.00. The van der Waals surface area contributed by atoms with Gasteiger partial charge in [0.1, 0.15) is 18.2 Å². The van der Waals surface area contributed by atoms with Crippen LogP contribution in [-0.4, -0.2) is 54.9 Å². The number of hydrogen-bond acceptors (Lipinski definition) is 5. The monoisotopic (exact) mass is 406 g/mol. The summed E-state index contributed by atoms with van der Waals surface area (Å²) in [5.41, 5.74) is 1.79. The van der Waals surface area contributed by atoms with Crippen LogP contribution in [0.15, 0.2) is 0 Å². The number of nitrogens with zero attached hydrogens (tertiary/aromatic N) is 2. The van der Waals surface area contributed by atoms with Crippen molar-refractivity contribution >= 4 is 22.4 Å². The number of nitrogens with one attached hydrogen (secondary N) is 1. The van der Waals surface area contributed by atoms with Gasteiger partial charge in [-0.15, -0.1) is 0 Å². The van der Waals surface area contributed by atoms with Crippen LogP contribution < -0.4 is 9.80 Å². The summed E-state index contributed by atoms with van der Waals surface area (Å²) in [6.45, 7) is 9.29. The van der Waals surface area contributed by atoms with Crippen molar-refractivity contribution in [3.05, 3.63) is 16.0 Å². The van der Waals surface area contributed by atoms with Crippen molar-refractivity contribution in [2.24, 2.45) is 0 Å². The van der Waals surface area contributed by atoms with Crippen LogP contribution in [0.2, 0.25) is 0 Å². The minimum absolute atomic E-state index is 0.102. The van der Waals surface area contributed by atoms with Gasteiger partial charge in [-0.05, 0) is 32.8 Å². The van der Waals surface area contributed by atoms with Gasteiger partial charge in [-0.2, -0.15) is 5.26 Å². The molecule has 2 atom stereocenters. The number of ether oxygens (including phenoxy) is 2. The SMILES string of the molecule is CC(C)(C)[N+]1(c2sc3c(c2C#N)CCC2(C3)OCCO2)CC[C@H](NC(=O)O)C1. The molecule has 2 N–H and O–H groups in total. The Morgan fingerprint density at radius 3 is 2.71 bits per heavy atom. The number of rotatable bonds is 2. The zero-order chi connectivity index (χ0) is 20.2. The molecule has 0 aromatic carbocycles. The predicted molar refractivity (Wildman–Crippen MR) is 107 cm³/mol. The molecule has 1 unspecified atom stereocenters. The maximum Gasteiger partial charge on any atom is 0.405 e. The number of amides is 1. The fourth-order valence-electron chi connectivity index (χ4n) is 5.04. The minimum Gasteiger partial charge on any atom is -0.465 e. The third-order valence-corrected chi connectivity index (χ3v) is 7.96. The molecule has 152 valence electrons. The Morgan fingerprint density at radius 1 is 1.39 bits per heavy atom. The van der Waals surface area contributed by atoms with Gasteiger partial charge in [0.25, 0.3) is 0 Å². The highest BCUT2D eigenvalue weighted by molar-refractivity contribution is 7.16. The van der Waals surface area contributed by atoms with Crippen LogP contribution >= 0.6 is 11.3 Å². The molecule has 1 amide bonds.